The quantitative estimate of drug-likeness (QED) is 0.883. The van der Waals surface area contributed by atoms with Gasteiger partial charge in [-0.05, 0) is 13.0 Å². The number of H-pyrrole nitrogens is 1. The molecule has 0 aliphatic rings. The maximum Gasteiger partial charge on any atom is 0.433 e. The number of rotatable bonds is 4. The van der Waals surface area contributed by atoms with Crippen molar-refractivity contribution in [1.82, 2.24) is 25.4 Å². The molecule has 0 fully saturated rings. The predicted octanol–water partition coefficient (Wildman–Crippen LogP) is 1.58. The van der Waals surface area contributed by atoms with Crippen molar-refractivity contribution in [3.63, 3.8) is 0 Å². The zero-order valence-electron chi connectivity index (χ0n) is 9.99. The van der Waals surface area contributed by atoms with Crippen LogP contribution in [-0.2, 0) is 12.6 Å². The van der Waals surface area contributed by atoms with Crippen LogP contribution in [0.15, 0.2) is 12.3 Å². The van der Waals surface area contributed by atoms with Gasteiger partial charge in [0.1, 0.15) is 5.69 Å². The Kier molecular flexibility index (Phi) is 3.63. The van der Waals surface area contributed by atoms with Crippen LogP contribution >= 0.6 is 0 Å². The van der Waals surface area contributed by atoms with Crippen LogP contribution in [0.2, 0.25) is 0 Å². The lowest BCUT2D eigenvalue weighted by molar-refractivity contribution is -0.141. The number of aromatic nitrogens is 5. The Bertz CT molecular complexity index is 537. The summed E-state index contributed by atoms with van der Waals surface area (Å²) < 4.78 is 37.7. The van der Waals surface area contributed by atoms with Gasteiger partial charge in [0.05, 0.1) is 11.9 Å². The normalized spacial score (nSPS) is 11.6. The highest BCUT2D eigenvalue weighted by atomic mass is 19.4. The summed E-state index contributed by atoms with van der Waals surface area (Å²) in [5, 5.41) is 12.6. The number of hydrogen-bond donors (Lipinski definition) is 2. The highest BCUT2D eigenvalue weighted by Gasteiger charge is 2.33. The van der Waals surface area contributed by atoms with Gasteiger partial charge in [-0.15, -0.1) is 0 Å². The molecule has 0 atom stereocenters. The van der Waals surface area contributed by atoms with Gasteiger partial charge in [-0.3, -0.25) is 0 Å². The number of aromatic amines is 1. The summed E-state index contributed by atoms with van der Waals surface area (Å²) in [6.45, 7) is 1.85. The molecule has 0 spiro atoms. The van der Waals surface area contributed by atoms with E-state index < -0.39 is 11.9 Å². The van der Waals surface area contributed by atoms with Crippen molar-refractivity contribution < 1.29 is 13.2 Å². The zero-order valence-corrected chi connectivity index (χ0v) is 9.99. The van der Waals surface area contributed by atoms with Crippen LogP contribution in [0.5, 0.6) is 0 Å². The van der Waals surface area contributed by atoms with Gasteiger partial charge in [0.15, 0.2) is 0 Å². The fourth-order valence-electron chi connectivity index (χ4n) is 1.44. The third-order valence-electron chi connectivity index (χ3n) is 2.27. The predicted molar refractivity (Wildman–Crippen MR) is 60.3 cm³/mol. The van der Waals surface area contributed by atoms with E-state index in [2.05, 4.69) is 30.7 Å². The summed E-state index contributed by atoms with van der Waals surface area (Å²) in [4.78, 5) is 7.33. The number of hydrogen-bond acceptors (Lipinski definition) is 5. The molecule has 0 aliphatic carbocycles. The molecule has 2 rings (SSSR count). The van der Waals surface area contributed by atoms with Crippen molar-refractivity contribution in [2.75, 3.05) is 11.9 Å². The molecular formula is C10H11F3N6. The van der Waals surface area contributed by atoms with Crippen molar-refractivity contribution in [3.05, 3.63) is 29.3 Å². The van der Waals surface area contributed by atoms with Crippen LogP contribution in [0.3, 0.4) is 0 Å². The lowest BCUT2D eigenvalue weighted by Gasteiger charge is -2.09. The van der Waals surface area contributed by atoms with Gasteiger partial charge in [-0.2, -0.15) is 28.6 Å². The van der Waals surface area contributed by atoms with E-state index in [4.69, 9.17) is 0 Å². The van der Waals surface area contributed by atoms with Crippen LogP contribution in [-0.4, -0.2) is 31.9 Å². The summed E-state index contributed by atoms with van der Waals surface area (Å²) >= 11 is 0. The highest BCUT2D eigenvalue weighted by molar-refractivity contribution is 5.29. The molecule has 2 aromatic rings. The van der Waals surface area contributed by atoms with E-state index in [0.717, 1.165) is 6.07 Å². The first-order chi connectivity index (χ1) is 8.95. The summed E-state index contributed by atoms with van der Waals surface area (Å²) in [7, 11) is 0. The molecular weight excluding hydrogens is 261 g/mol. The molecule has 0 saturated heterocycles. The molecule has 2 heterocycles. The molecule has 0 amide bonds. The minimum absolute atomic E-state index is 0.0455. The van der Waals surface area contributed by atoms with E-state index in [0.29, 0.717) is 18.7 Å². The Hall–Kier alpha value is -2.19. The summed E-state index contributed by atoms with van der Waals surface area (Å²) in [5.41, 5.74) is 0.00592. The average Bonchev–Trinajstić information content (AvgIpc) is 2.80. The Labute approximate surface area is 106 Å². The first-order valence-electron chi connectivity index (χ1n) is 5.46. The number of aryl methyl sites for hydroxylation is 1. The lowest BCUT2D eigenvalue weighted by atomic mass is 10.3. The topological polar surface area (TPSA) is 79.4 Å². The number of halogens is 3. The highest BCUT2D eigenvalue weighted by Crippen LogP contribution is 2.28. The van der Waals surface area contributed by atoms with Crippen molar-refractivity contribution >= 4 is 5.95 Å². The first kappa shape index (κ1) is 13.2. The molecule has 0 unspecified atom stereocenters. The number of anilines is 1. The van der Waals surface area contributed by atoms with Gasteiger partial charge >= 0.3 is 6.18 Å². The third-order valence-corrected chi connectivity index (χ3v) is 2.27. The molecule has 0 aliphatic heterocycles. The lowest BCUT2D eigenvalue weighted by Crippen LogP contribution is -2.14. The second-order valence-electron chi connectivity index (χ2n) is 3.85. The zero-order chi connectivity index (χ0) is 13.9. The molecule has 0 saturated carbocycles. The first-order valence-corrected chi connectivity index (χ1v) is 5.46. The molecule has 102 valence electrons. The van der Waals surface area contributed by atoms with E-state index in [9.17, 15) is 13.2 Å². The average molecular weight is 272 g/mol. The largest absolute Gasteiger partial charge is 0.433 e. The van der Waals surface area contributed by atoms with Gasteiger partial charge in [-0.1, -0.05) is 0 Å². The minimum atomic E-state index is -4.48. The Balaban J connectivity index is 2.02. The summed E-state index contributed by atoms with van der Waals surface area (Å²) in [6.07, 6.45) is -2.43. The van der Waals surface area contributed by atoms with E-state index in [1.807, 2.05) is 0 Å². The SMILES string of the molecule is Cc1cc(C(F)(F)F)nc(NCCc2cn[nH]n2)n1. The van der Waals surface area contributed by atoms with Gasteiger partial charge in [-0.25, -0.2) is 9.97 Å². The van der Waals surface area contributed by atoms with Crippen LogP contribution in [0.1, 0.15) is 17.1 Å². The van der Waals surface area contributed by atoms with E-state index in [1.165, 1.54) is 6.92 Å². The summed E-state index contributed by atoms with van der Waals surface area (Å²) in [5.74, 6) is -0.0455. The second kappa shape index (κ2) is 5.21. The van der Waals surface area contributed by atoms with Gasteiger partial charge < -0.3 is 5.32 Å². The van der Waals surface area contributed by atoms with Crippen molar-refractivity contribution in [1.29, 1.82) is 0 Å². The minimum Gasteiger partial charge on any atom is -0.354 e. The summed E-state index contributed by atoms with van der Waals surface area (Å²) in [6, 6.07) is 0.906. The second-order valence-corrected chi connectivity index (χ2v) is 3.85. The van der Waals surface area contributed by atoms with E-state index in [-0.39, 0.29) is 11.6 Å². The van der Waals surface area contributed by atoms with Crippen molar-refractivity contribution in [3.8, 4) is 0 Å². The van der Waals surface area contributed by atoms with Crippen LogP contribution < -0.4 is 5.32 Å². The number of nitrogens with zero attached hydrogens (tertiary/aromatic N) is 4. The monoisotopic (exact) mass is 272 g/mol. The fourth-order valence-corrected chi connectivity index (χ4v) is 1.44. The number of nitrogens with one attached hydrogen (secondary N) is 2. The van der Waals surface area contributed by atoms with Crippen LogP contribution in [0, 0.1) is 6.92 Å². The number of alkyl halides is 3. The molecule has 19 heavy (non-hydrogen) atoms. The van der Waals surface area contributed by atoms with Gasteiger partial charge in [0.25, 0.3) is 0 Å². The Morgan fingerprint density at radius 1 is 1.32 bits per heavy atom. The van der Waals surface area contributed by atoms with Crippen molar-refractivity contribution in [2.24, 2.45) is 0 Å². The van der Waals surface area contributed by atoms with Crippen LogP contribution in [0.4, 0.5) is 19.1 Å². The van der Waals surface area contributed by atoms with Crippen LogP contribution in [0.25, 0.3) is 0 Å². The third kappa shape index (κ3) is 3.63. The maximum absolute atomic E-state index is 12.6. The smallest absolute Gasteiger partial charge is 0.354 e. The standard InChI is InChI=1S/C10H11F3N6/c1-6-4-8(10(11,12)13)17-9(16-6)14-3-2-7-5-15-19-18-7/h4-5H,2-3H2,1H3,(H,14,16,17)(H,15,18,19). The van der Waals surface area contributed by atoms with Gasteiger partial charge in [0, 0.05) is 18.7 Å². The molecule has 2 N–H and O–H groups in total. The van der Waals surface area contributed by atoms with E-state index in [1.54, 1.807) is 6.20 Å². The Morgan fingerprint density at radius 2 is 2.11 bits per heavy atom. The Morgan fingerprint density at radius 3 is 2.74 bits per heavy atom. The molecule has 9 heteroatoms. The molecule has 0 bridgehead atoms. The molecule has 2 aromatic heterocycles. The van der Waals surface area contributed by atoms with Crippen molar-refractivity contribution in [2.45, 2.75) is 19.5 Å². The van der Waals surface area contributed by atoms with E-state index >= 15 is 0 Å². The molecule has 0 aromatic carbocycles. The van der Waals surface area contributed by atoms with Gasteiger partial charge in [0.2, 0.25) is 5.95 Å². The molecule has 6 nitrogen and oxygen atoms in total. The molecule has 0 radical (unpaired) electrons. The fraction of sp³-hybridized carbons (Fsp3) is 0.400. The maximum atomic E-state index is 12.6.